The number of carbonyl (C=O) groups excluding carboxylic acids is 1. The molecule has 3 rings (SSSR count). The maximum absolute atomic E-state index is 12.1. The van der Waals surface area contributed by atoms with Crippen LogP contribution in [0.3, 0.4) is 0 Å². The third-order valence-electron chi connectivity index (χ3n) is 6.09. The van der Waals surface area contributed by atoms with Gasteiger partial charge in [0.15, 0.2) is 0 Å². The molecule has 1 atom stereocenters. The first-order valence-corrected chi connectivity index (χ1v) is 11.4. The van der Waals surface area contributed by atoms with Crippen molar-refractivity contribution < 1.29 is 24.2 Å². The van der Waals surface area contributed by atoms with Crippen LogP contribution in [0.5, 0.6) is 0 Å². The Balaban J connectivity index is 1.78. The van der Waals surface area contributed by atoms with E-state index in [0.717, 1.165) is 35.0 Å². The van der Waals surface area contributed by atoms with E-state index in [2.05, 4.69) is 5.32 Å². The smallest absolute Gasteiger partial charge is 0.408 e. The van der Waals surface area contributed by atoms with E-state index >= 15 is 0 Å². The van der Waals surface area contributed by atoms with E-state index in [4.69, 9.17) is 14.5 Å². The SMILES string of the molecule is COC1CCC(/C=C/c2ccc3ccc([C@@H](C)NC(=O)OC(C)(C)C)nc3c2)(C(=O)O)CC1. The number of fused-ring (bicyclic) bond motifs is 1. The Hall–Kier alpha value is -2.93. The van der Waals surface area contributed by atoms with Gasteiger partial charge < -0.3 is 19.9 Å². The molecule has 2 N–H and O–H groups in total. The van der Waals surface area contributed by atoms with Gasteiger partial charge in [0.1, 0.15) is 5.60 Å². The number of carboxylic acids is 1. The molecule has 0 unspecified atom stereocenters. The zero-order chi connectivity index (χ0) is 24.2. The summed E-state index contributed by atoms with van der Waals surface area (Å²) in [6.45, 7) is 7.31. The molecule has 7 heteroatoms. The lowest BCUT2D eigenvalue weighted by Gasteiger charge is -2.34. The van der Waals surface area contributed by atoms with Crippen LogP contribution in [0.25, 0.3) is 17.0 Å². The molecule has 1 aliphatic carbocycles. The number of methoxy groups -OCH3 is 1. The Morgan fingerprint density at radius 1 is 1.21 bits per heavy atom. The summed E-state index contributed by atoms with van der Waals surface area (Å²) in [5, 5.41) is 13.7. The normalized spacial score (nSPS) is 22.3. The molecule has 1 aliphatic rings. The van der Waals surface area contributed by atoms with Gasteiger partial charge in [-0.15, -0.1) is 0 Å². The monoisotopic (exact) mass is 454 g/mol. The number of aliphatic carboxylic acids is 1. The van der Waals surface area contributed by atoms with Crippen molar-refractivity contribution in [3.05, 3.63) is 47.7 Å². The summed E-state index contributed by atoms with van der Waals surface area (Å²) in [6, 6.07) is 9.38. The Morgan fingerprint density at radius 2 is 1.88 bits per heavy atom. The van der Waals surface area contributed by atoms with Crippen molar-refractivity contribution in [1.82, 2.24) is 10.3 Å². The van der Waals surface area contributed by atoms with Crippen molar-refractivity contribution in [3.63, 3.8) is 0 Å². The van der Waals surface area contributed by atoms with Gasteiger partial charge >= 0.3 is 12.1 Å². The molecule has 0 aliphatic heterocycles. The summed E-state index contributed by atoms with van der Waals surface area (Å²) in [4.78, 5) is 28.9. The van der Waals surface area contributed by atoms with Crippen molar-refractivity contribution >= 4 is 29.0 Å². The fourth-order valence-electron chi connectivity index (χ4n) is 4.10. The summed E-state index contributed by atoms with van der Waals surface area (Å²) >= 11 is 0. The number of hydrogen-bond acceptors (Lipinski definition) is 5. The first-order chi connectivity index (χ1) is 15.5. The van der Waals surface area contributed by atoms with Gasteiger partial charge in [0.25, 0.3) is 0 Å². The molecule has 178 valence electrons. The van der Waals surface area contributed by atoms with Crippen molar-refractivity contribution in [2.45, 2.75) is 71.1 Å². The van der Waals surface area contributed by atoms with Crippen LogP contribution in [0.4, 0.5) is 4.79 Å². The van der Waals surface area contributed by atoms with Crippen LogP contribution in [0.1, 0.15) is 70.7 Å². The lowest BCUT2D eigenvalue weighted by atomic mass is 9.72. The molecule has 0 spiro atoms. The average Bonchev–Trinajstić information content (AvgIpc) is 2.76. The molecular weight excluding hydrogens is 420 g/mol. The number of rotatable bonds is 6. The number of alkyl carbamates (subject to hydrolysis) is 1. The number of carbonyl (C=O) groups is 2. The highest BCUT2D eigenvalue weighted by Crippen LogP contribution is 2.39. The van der Waals surface area contributed by atoms with Crippen LogP contribution >= 0.6 is 0 Å². The van der Waals surface area contributed by atoms with E-state index in [-0.39, 0.29) is 12.1 Å². The molecule has 2 aromatic rings. The molecule has 1 heterocycles. The number of amides is 1. The van der Waals surface area contributed by atoms with E-state index in [0.29, 0.717) is 12.8 Å². The number of nitrogens with zero attached hydrogens (tertiary/aromatic N) is 1. The third-order valence-corrected chi connectivity index (χ3v) is 6.09. The average molecular weight is 455 g/mol. The van der Waals surface area contributed by atoms with Crippen LogP contribution in [0.2, 0.25) is 0 Å². The Kier molecular flexibility index (Phi) is 7.42. The van der Waals surface area contributed by atoms with E-state index in [1.54, 1.807) is 7.11 Å². The quantitative estimate of drug-likeness (QED) is 0.599. The summed E-state index contributed by atoms with van der Waals surface area (Å²) in [5.41, 5.74) is 0.937. The van der Waals surface area contributed by atoms with Crippen LogP contribution in [0.15, 0.2) is 36.4 Å². The lowest BCUT2D eigenvalue weighted by Crippen LogP contribution is -2.35. The van der Waals surface area contributed by atoms with Crippen LogP contribution in [0, 0.1) is 5.41 Å². The molecule has 0 saturated heterocycles. The van der Waals surface area contributed by atoms with Gasteiger partial charge in [-0.25, -0.2) is 4.79 Å². The number of benzene rings is 1. The first kappa shape index (κ1) is 24.7. The standard InChI is InChI=1S/C26H34N2O5/c1-17(27-24(31)33-25(2,3)4)21-9-8-19-7-6-18(16-22(19)28-21)10-13-26(23(29)30)14-11-20(32-5)12-15-26/h6-10,13,16-17,20H,11-12,14-15H2,1-5H3,(H,27,31)(H,29,30)/b13-10+/t17-,20?,26?/m1/s1. The molecule has 33 heavy (non-hydrogen) atoms. The van der Waals surface area contributed by atoms with Crippen molar-refractivity contribution in [2.75, 3.05) is 7.11 Å². The second-order valence-corrected chi connectivity index (χ2v) is 9.79. The fourth-order valence-corrected chi connectivity index (χ4v) is 4.10. The summed E-state index contributed by atoms with van der Waals surface area (Å²) in [6.07, 6.45) is 5.91. The number of nitrogens with one attached hydrogen (secondary N) is 1. The molecule has 1 aromatic carbocycles. The molecule has 1 fully saturated rings. The summed E-state index contributed by atoms with van der Waals surface area (Å²) in [5.74, 6) is -0.795. The predicted molar refractivity (Wildman–Crippen MR) is 128 cm³/mol. The van der Waals surface area contributed by atoms with Crippen LogP contribution in [-0.2, 0) is 14.3 Å². The van der Waals surface area contributed by atoms with Crippen molar-refractivity contribution in [2.24, 2.45) is 5.41 Å². The van der Waals surface area contributed by atoms with Gasteiger partial charge in [0.05, 0.1) is 28.8 Å². The van der Waals surface area contributed by atoms with E-state index < -0.39 is 23.1 Å². The summed E-state index contributed by atoms with van der Waals surface area (Å²) in [7, 11) is 1.68. The minimum Gasteiger partial charge on any atom is -0.481 e. The van der Waals surface area contributed by atoms with Gasteiger partial charge in [-0.1, -0.05) is 30.4 Å². The largest absolute Gasteiger partial charge is 0.481 e. The second-order valence-electron chi connectivity index (χ2n) is 9.79. The number of hydrogen-bond donors (Lipinski definition) is 2. The highest BCUT2D eigenvalue weighted by atomic mass is 16.6. The second kappa shape index (κ2) is 9.91. The Labute approximate surface area is 195 Å². The topological polar surface area (TPSA) is 97.8 Å². The van der Waals surface area contributed by atoms with Crippen LogP contribution in [-0.4, -0.2) is 41.0 Å². The number of ether oxygens (including phenoxy) is 2. The van der Waals surface area contributed by atoms with Crippen molar-refractivity contribution in [3.8, 4) is 0 Å². The molecule has 1 saturated carbocycles. The molecule has 1 aromatic heterocycles. The lowest BCUT2D eigenvalue weighted by molar-refractivity contribution is -0.148. The molecule has 0 bridgehead atoms. The maximum atomic E-state index is 12.1. The molecule has 0 radical (unpaired) electrons. The Morgan fingerprint density at radius 3 is 2.48 bits per heavy atom. The number of pyridine rings is 1. The highest BCUT2D eigenvalue weighted by molar-refractivity contribution is 5.83. The third kappa shape index (κ3) is 6.32. The highest BCUT2D eigenvalue weighted by Gasteiger charge is 2.39. The molecular formula is C26H34N2O5. The molecule has 7 nitrogen and oxygen atoms in total. The van der Waals surface area contributed by atoms with E-state index in [1.807, 2.05) is 70.2 Å². The minimum absolute atomic E-state index is 0.130. The minimum atomic E-state index is -0.870. The number of aromatic nitrogens is 1. The predicted octanol–water partition coefficient (Wildman–Crippen LogP) is 5.49. The molecule has 1 amide bonds. The number of carboxylic acid groups (broad SMARTS) is 1. The fraction of sp³-hybridized carbons (Fsp3) is 0.500. The maximum Gasteiger partial charge on any atom is 0.408 e. The van der Waals surface area contributed by atoms with Crippen LogP contribution < -0.4 is 5.32 Å². The zero-order valence-corrected chi connectivity index (χ0v) is 20.1. The zero-order valence-electron chi connectivity index (χ0n) is 20.1. The first-order valence-electron chi connectivity index (χ1n) is 11.4. The van der Waals surface area contributed by atoms with E-state index in [1.165, 1.54) is 0 Å². The van der Waals surface area contributed by atoms with Gasteiger partial charge in [0.2, 0.25) is 0 Å². The van der Waals surface area contributed by atoms with Gasteiger partial charge in [-0.2, -0.15) is 0 Å². The Bertz CT molecular complexity index is 1030. The summed E-state index contributed by atoms with van der Waals surface area (Å²) < 4.78 is 10.7. The van der Waals surface area contributed by atoms with Gasteiger partial charge in [-0.05, 0) is 71.1 Å². The van der Waals surface area contributed by atoms with Gasteiger partial charge in [0, 0.05) is 12.5 Å². The van der Waals surface area contributed by atoms with Crippen molar-refractivity contribution in [1.29, 1.82) is 0 Å². The van der Waals surface area contributed by atoms with E-state index in [9.17, 15) is 14.7 Å². The van der Waals surface area contributed by atoms with Gasteiger partial charge in [-0.3, -0.25) is 9.78 Å².